The number of halogens is 2. The first-order valence-electron chi connectivity index (χ1n) is 10.5. The normalized spacial score (nSPS) is 20.3. The highest BCUT2D eigenvalue weighted by Crippen LogP contribution is 2.24. The number of carbonyl (C=O) groups excluding carboxylic acids is 1. The van der Waals surface area contributed by atoms with Crippen molar-refractivity contribution in [3.63, 3.8) is 0 Å². The van der Waals surface area contributed by atoms with Crippen LogP contribution in [0.1, 0.15) is 12.8 Å². The van der Waals surface area contributed by atoms with Gasteiger partial charge in [-0.05, 0) is 49.2 Å². The fraction of sp³-hybridized carbons (Fsp3) is 0.435. The van der Waals surface area contributed by atoms with Crippen molar-refractivity contribution in [1.29, 1.82) is 0 Å². The van der Waals surface area contributed by atoms with Gasteiger partial charge in [-0.2, -0.15) is 0 Å². The van der Waals surface area contributed by atoms with E-state index < -0.39 is 0 Å². The van der Waals surface area contributed by atoms with E-state index in [0.717, 1.165) is 57.8 Å². The molecule has 0 bridgehead atoms. The molecule has 0 aliphatic carbocycles. The second kappa shape index (κ2) is 9.67. The number of piperazine rings is 1. The number of hydrogen-bond donors (Lipinski definition) is 0. The third kappa shape index (κ3) is 5.05. The molecule has 2 aliphatic rings. The first-order valence-corrected chi connectivity index (χ1v) is 10.9. The van der Waals surface area contributed by atoms with Crippen LogP contribution in [0.25, 0.3) is 0 Å². The lowest BCUT2D eigenvalue weighted by Crippen LogP contribution is -2.56. The van der Waals surface area contributed by atoms with Crippen molar-refractivity contribution in [1.82, 2.24) is 9.80 Å². The molecule has 2 aromatic rings. The van der Waals surface area contributed by atoms with Gasteiger partial charge in [0.25, 0.3) is 5.91 Å². The van der Waals surface area contributed by atoms with Crippen LogP contribution in [-0.2, 0) is 4.79 Å². The second-order valence-corrected chi connectivity index (χ2v) is 8.26. The largest absolute Gasteiger partial charge is 0.482 e. The average molecular weight is 432 g/mol. The zero-order valence-electron chi connectivity index (χ0n) is 17.0. The predicted molar refractivity (Wildman–Crippen MR) is 117 cm³/mol. The summed E-state index contributed by atoms with van der Waals surface area (Å²) in [5.74, 6) is 0.338. The number of para-hydroxylation sites is 1. The van der Waals surface area contributed by atoms with Gasteiger partial charge in [0.05, 0.1) is 5.02 Å². The molecule has 0 unspecified atom stereocenters. The molecule has 0 spiro atoms. The first-order chi connectivity index (χ1) is 14.6. The van der Waals surface area contributed by atoms with E-state index in [-0.39, 0.29) is 18.3 Å². The van der Waals surface area contributed by atoms with E-state index in [9.17, 15) is 9.18 Å². The van der Waals surface area contributed by atoms with Crippen LogP contribution in [0.15, 0.2) is 48.5 Å². The number of ether oxygens (including phenoxy) is 1. The summed E-state index contributed by atoms with van der Waals surface area (Å²) >= 11 is 6.10. The smallest absolute Gasteiger partial charge is 0.260 e. The van der Waals surface area contributed by atoms with Gasteiger partial charge in [-0.3, -0.25) is 9.69 Å². The number of anilines is 1. The fourth-order valence-corrected chi connectivity index (χ4v) is 4.46. The van der Waals surface area contributed by atoms with E-state index in [0.29, 0.717) is 16.8 Å². The van der Waals surface area contributed by atoms with Crippen molar-refractivity contribution in [3.05, 3.63) is 59.4 Å². The number of benzene rings is 2. The monoisotopic (exact) mass is 431 g/mol. The second-order valence-electron chi connectivity index (χ2n) is 7.85. The van der Waals surface area contributed by atoms with Gasteiger partial charge in [-0.25, -0.2) is 4.39 Å². The van der Waals surface area contributed by atoms with Crippen molar-refractivity contribution in [2.45, 2.75) is 18.9 Å². The number of piperidine rings is 1. The Bertz CT molecular complexity index is 856. The van der Waals surface area contributed by atoms with Crippen LogP contribution in [0.3, 0.4) is 0 Å². The summed E-state index contributed by atoms with van der Waals surface area (Å²) in [4.78, 5) is 19.4. The molecule has 2 aliphatic heterocycles. The first kappa shape index (κ1) is 20.9. The van der Waals surface area contributed by atoms with Crippen molar-refractivity contribution in [2.24, 2.45) is 0 Å². The number of hydrogen-bond acceptors (Lipinski definition) is 4. The molecule has 1 amide bonds. The average Bonchev–Trinajstić information content (AvgIpc) is 2.79. The Morgan fingerprint density at radius 2 is 1.77 bits per heavy atom. The van der Waals surface area contributed by atoms with Crippen LogP contribution in [0.4, 0.5) is 10.1 Å². The Morgan fingerprint density at radius 1 is 1.03 bits per heavy atom. The summed E-state index contributed by atoms with van der Waals surface area (Å²) in [6.07, 6.45) is 2.10. The van der Waals surface area contributed by atoms with E-state index in [1.165, 1.54) is 12.1 Å². The maximum atomic E-state index is 13.2. The van der Waals surface area contributed by atoms with E-state index in [4.69, 9.17) is 16.3 Å². The molecule has 4 rings (SSSR count). The van der Waals surface area contributed by atoms with E-state index in [1.54, 1.807) is 12.1 Å². The van der Waals surface area contributed by atoms with Crippen molar-refractivity contribution >= 4 is 23.2 Å². The molecule has 160 valence electrons. The number of rotatable bonds is 5. The Morgan fingerprint density at radius 3 is 2.50 bits per heavy atom. The highest BCUT2D eigenvalue weighted by atomic mass is 35.5. The lowest BCUT2D eigenvalue weighted by Gasteiger charge is -2.44. The van der Waals surface area contributed by atoms with E-state index >= 15 is 0 Å². The summed E-state index contributed by atoms with van der Waals surface area (Å²) in [6.45, 7) is 5.23. The summed E-state index contributed by atoms with van der Waals surface area (Å²) in [7, 11) is 0. The molecule has 5 nitrogen and oxygen atoms in total. The lowest BCUT2D eigenvalue weighted by molar-refractivity contribution is -0.135. The van der Waals surface area contributed by atoms with Gasteiger partial charge in [0.1, 0.15) is 11.6 Å². The molecule has 30 heavy (non-hydrogen) atoms. The maximum absolute atomic E-state index is 13.2. The topological polar surface area (TPSA) is 36.0 Å². The van der Waals surface area contributed by atoms with Gasteiger partial charge in [-0.1, -0.05) is 23.7 Å². The van der Waals surface area contributed by atoms with Gasteiger partial charge < -0.3 is 14.5 Å². The Hall–Kier alpha value is -2.31. The van der Waals surface area contributed by atoms with Crippen molar-refractivity contribution in [3.8, 4) is 5.75 Å². The van der Waals surface area contributed by atoms with Crippen LogP contribution < -0.4 is 9.64 Å². The van der Waals surface area contributed by atoms with Gasteiger partial charge in [0.15, 0.2) is 6.61 Å². The van der Waals surface area contributed by atoms with Gasteiger partial charge in [0, 0.05) is 51.0 Å². The number of carbonyl (C=O) groups is 1. The fourth-order valence-electron chi connectivity index (χ4n) is 4.27. The zero-order valence-corrected chi connectivity index (χ0v) is 17.7. The third-order valence-corrected chi connectivity index (χ3v) is 6.27. The maximum Gasteiger partial charge on any atom is 0.260 e. The highest BCUT2D eigenvalue weighted by Gasteiger charge is 2.30. The number of likely N-dealkylation sites (tertiary alicyclic amines) is 1. The van der Waals surface area contributed by atoms with Crippen molar-refractivity contribution < 1.29 is 13.9 Å². The van der Waals surface area contributed by atoms with Gasteiger partial charge in [0.2, 0.25) is 0 Å². The molecular weight excluding hydrogens is 405 g/mol. The van der Waals surface area contributed by atoms with Crippen LogP contribution in [0.5, 0.6) is 5.75 Å². The minimum absolute atomic E-state index is 0.00423. The summed E-state index contributed by atoms with van der Waals surface area (Å²) in [5, 5.41) is 0.515. The van der Waals surface area contributed by atoms with E-state index in [2.05, 4.69) is 9.80 Å². The minimum atomic E-state index is -0.206. The quantitative estimate of drug-likeness (QED) is 0.723. The standard InChI is InChI=1S/C23H27ClFN3O2/c24-21-5-1-2-6-22(21)30-17-23(29)28-11-3-4-20(16-28)27-14-12-26(13-15-27)19-9-7-18(25)8-10-19/h1-2,5-10,20H,3-4,11-17H2/t20-/m1/s1. The molecular formula is C23H27ClFN3O2. The molecule has 0 aromatic heterocycles. The number of nitrogens with zero attached hydrogens (tertiary/aromatic N) is 3. The van der Waals surface area contributed by atoms with Gasteiger partial charge >= 0.3 is 0 Å². The molecule has 7 heteroatoms. The lowest BCUT2D eigenvalue weighted by atomic mass is 10.0. The highest BCUT2D eigenvalue weighted by molar-refractivity contribution is 6.32. The predicted octanol–water partition coefficient (Wildman–Crippen LogP) is 3.67. The summed E-state index contributed by atoms with van der Waals surface area (Å²) in [6, 6.07) is 14.3. The molecule has 1 atom stereocenters. The Kier molecular flexibility index (Phi) is 6.75. The van der Waals surface area contributed by atoms with Gasteiger partial charge in [-0.15, -0.1) is 0 Å². The molecule has 0 N–H and O–H groups in total. The molecule has 2 fully saturated rings. The molecule has 2 saturated heterocycles. The Balaban J connectivity index is 1.27. The Labute approximate surface area is 182 Å². The number of amides is 1. The third-order valence-electron chi connectivity index (χ3n) is 5.96. The summed E-state index contributed by atoms with van der Waals surface area (Å²) in [5.41, 5.74) is 1.06. The van der Waals surface area contributed by atoms with Crippen LogP contribution in [0, 0.1) is 5.82 Å². The van der Waals surface area contributed by atoms with Crippen LogP contribution in [0.2, 0.25) is 5.02 Å². The van der Waals surface area contributed by atoms with Crippen molar-refractivity contribution in [2.75, 3.05) is 50.8 Å². The minimum Gasteiger partial charge on any atom is -0.482 e. The van der Waals surface area contributed by atoms with Crippen LogP contribution >= 0.6 is 11.6 Å². The van der Waals surface area contributed by atoms with E-state index in [1.807, 2.05) is 29.2 Å². The van der Waals surface area contributed by atoms with Crippen LogP contribution in [-0.4, -0.2) is 67.6 Å². The molecule has 2 aromatic carbocycles. The zero-order chi connectivity index (χ0) is 20.9. The molecule has 0 saturated carbocycles. The SMILES string of the molecule is O=C(COc1ccccc1Cl)N1CCC[C@@H](N2CCN(c3ccc(F)cc3)CC2)C1. The molecule has 0 radical (unpaired) electrons. The summed E-state index contributed by atoms with van der Waals surface area (Å²) < 4.78 is 18.8. The molecule has 2 heterocycles.